The van der Waals surface area contributed by atoms with E-state index in [-0.39, 0.29) is 5.75 Å². The maximum atomic E-state index is 12.1. The predicted molar refractivity (Wildman–Crippen MR) is 95.7 cm³/mol. The van der Waals surface area contributed by atoms with Crippen molar-refractivity contribution in [3.05, 3.63) is 0 Å². The Hall–Kier alpha value is -1.35. The predicted octanol–water partition coefficient (Wildman–Crippen LogP) is 1.22. The summed E-state index contributed by atoms with van der Waals surface area (Å²) in [6, 6.07) is -0.447. The third kappa shape index (κ3) is 5.07. The van der Waals surface area contributed by atoms with E-state index in [0.29, 0.717) is 23.3 Å². The van der Waals surface area contributed by atoms with Crippen LogP contribution in [0, 0.1) is 5.92 Å². The number of piperidine rings is 1. The van der Waals surface area contributed by atoms with Gasteiger partial charge < -0.3 is 15.0 Å². The van der Waals surface area contributed by atoms with E-state index >= 15 is 0 Å². The average Bonchev–Trinajstić information content (AvgIpc) is 2.98. The van der Waals surface area contributed by atoms with E-state index in [4.69, 9.17) is 17.0 Å². The Labute approximate surface area is 151 Å². The lowest BCUT2D eigenvalue weighted by Gasteiger charge is -2.31. The summed E-state index contributed by atoms with van der Waals surface area (Å²) in [4.78, 5) is 38.6. The number of nitrogens with zero attached hydrogens (tertiary/aromatic N) is 2. The van der Waals surface area contributed by atoms with Crippen molar-refractivity contribution in [1.29, 1.82) is 0 Å². The maximum absolute atomic E-state index is 12.1. The highest BCUT2D eigenvalue weighted by molar-refractivity contribution is 8.23. The number of likely N-dealkylation sites (tertiary alicyclic amines) is 1. The molecule has 0 aromatic heterocycles. The first kappa shape index (κ1) is 19.0. The number of carbonyl (C=O) groups excluding carboxylic acids is 3. The van der Waals surface area contributed by atoms with Crippen molar-refractivity contribution in [1.82, 2.24) is 15.1 Å². The Bertz CT molecular complexity index is 521. The number of imide groups is 1. The van der Waals surface area contributed by atoms with E-state index in [1.807, 2.05) is 0 Å². The van der Waals surface area contributed by atoms with Gasteiger partial charge in [-0.05, 0) is 25.7 Å². The van der Waals surface area contributed by atoms with Crippen molar-refractivity contribution < 1.29 is 19.1 Å². The van der Waals surface area contributed by atoms with E-state index in [1.165, 1.54) is 18.7 Å². The number of hydrogen-bond acceptors (Lipinski definition) is 6. The molecule has 2 aliphatic rings. The van der Waals surface area contributed by atoms with Gasteiger partial charge in [0.05, 0.1) is 5.75 Å². The van der Waals surface area contributed by atoms with Gasteiger partial charge in [-0.15, -0.1) is 0 Å². The van der Waals surface area contributed by atoms with E-state index in [2.05, 4.69) is 17.1 Å². The number of ether oxygens (including phenoxy) is 1. The number of thiocarbonyl (C=S) groups is 1. The van der Waals surface area contributed by atoms with Gasteiger partial charge in [-0.2, -0.15) is 0 Å². The van der Waals surface area contributed by atoms with Crippen LogP contribution in [0.4, 0.5) is 4.79 Å². The lowest BCUT2D eigenvalue weighted by atomic mass is 10.00. The van der Waals surface area contributed by atoms with Gasteiger partial charge in [0, 0.05) is 26.2 Å². The molecule has 2 aliphatic heterocycles. The molecular weight excluding hydrogens is 350 g/mol. The Morgan fingerprint density at radius 3 is 2.62 bits per heavy atom. The fraction of sp³-hybridized carbons (Fsp3) is 0.733. The second-order valence-corrected chi connectivity index (χ2v) is 7.69. The summed E-state index contributed by atoms with van der Waals surface area (Å²) in [7, 11) is 0. The molecule has 1 unspecified atom stereocenters. The van der Waals surface area contributed by atoms with Crippen molar-refractivity contribution in [2.45, 2.75) is 32.8 Å². The van der Waals surface area contributed by atoms with E-state index in [0.717, 1.165) is 30.8 Å². The molecule has 0 spiro atoms. The minimum Gasteiger partial charge on any atom is -0.452 e. The SMILES string of the molecule is CC1CCN(C(=S)SCC(=O)OC(C)C(=O)N2CCNC2=O)CC1. The molecule has 0 aliphatic carbocycles. The Morgan fingerprint density at radius 2 is 2.04 bits per heavy atom. The van der Waals surface area contributed by atoms with Crippen LogP contribution in [0.25, 0.3) is 0 Å². The fourth-order valence-corrected chi connectivity index (χ4v) is 3.62. The van der Waals surface area contributed by atoms with Gasteiger partial charge in [-0.1, -0.05) is 30.9 Å². The van der Waals surface area contributed by atoms with Gasteiger partial charge in [-0.25, -0.2) is 4.79 Å². The number of hydrogen-bond donors (Lipinski definition) is 1. The second-order valence-electron chi connectivity index (χ2n) is 6.08. The molecule has 2 fully saturated rings. The normalized spacial score (nSPS) is 19.8. The number of amides is 3. The lowest BCUT2D eigenvalue weighted by molar-refractivity contribution is -0.155. The van der Waals surface area contributed by atoms with Gasteiger partial charge >= 0.3 is 12.0 Å². The monoisotopic (exact) mass is 373 g/mol. The van der Waals surface area contributed by atoms with Crippen LogP contribution < -0.4 is 5.32 Å². The minimum absolute atomic E-state index is 0.0642. The maximum Gasteiger partial charge on any atom is 0.324 e. The van der Waals surface area contributed by atoms with E-state index in [9.17, 15) is 14.4 Å². The first-order chi connectivity index (χ1) is 11.4. The summed E-state index contributed by atoms with van der Waals surface area (Å²) >= 11 is 6.61. The molecule has 0 radical (unpaired) electrons. The Morgan fingerprint density at radius 1 is 1.38 bits per heavy atom. The summed E-state index contributed by atoms with van der Waals surface area (Å²) in [6.45, 7) is 6.25. The number of nitrogens with one attached hydrogen (secondary N) is 1. The van der Waals surface area contributed by atoms with Crippen LogP contribution >= 0.6 is 24.0 Å². The van der Waals surface area contributed by atoms with Crippen LogP contribution in [-0.2, 0) is 14.3 Å². The zero-order chi connectivity index (χ0) is 17.7. The van der Waals surface area contributed by atoms with Crippen LogP contribution in [0.5, 0.6) is 0 Å². The number of thioether (sulfide) groups is 1. The molecule has 0 aromatic rings. The molecule has 134 valence electrons. The smallest absolute Gasteiger partial charge is 0.324 e. The van der Waals surface area contributed by atoms with Crippen LogP contribution in [-0.4, -0.2) is 70.1 Å². The molecule has 2 heterocycles. The third-order valence-corrected chi connectivity index (χ3v) is 5.63. The van der Waals surface area contributed by atoms with E-state index < -0.39 is 24.0 Å². The number of carbonyl (C=O) groups is 3. The number of esters is 1. The summed E-state index contributed by atoms with van der Waals surface area (Å²) in [5.41, 5.74) is 0. The van der Waals surface area contributed by atoms with Crippen LogP contribution in [0.3, 0.4) is 0 Å². The molecule has 3 amide bonds. The number of urea groups is 1. The van der Waals surface area contributed by atoms with Gasteiger partial charge in [-0.3, -0.25) is 14.5 Å². The first-order valence-corrected chi connectivity index (χ1v) is 9.48. The molecule has 2 rings (SSSR count). The molecule has 0 aromatic carbocycles. The summed E-state index contributed by atoms with van der Waals surface area (Å²) < 4.78 is 5.81. The first-order valence-electron chi connectivity index (χ1n) is 8.09. The molecule has 0 saturated carbocycles. The Kier molecular flexibility index (Phi) is 6.85. The third-order valence-electron chi connectivity index (χ3n) is 4.13. The summed E-state index contributed by atoms with van der Waals surface area (Å²) in [5.74, 6) is -0.230. The van der Waals surface area contributed by atoms with Crippen molar-refractivity contribution >= 4 is 46.2 Å². The molecule has 1 atom stereocenters. The molecule has 2 saturated heterocycles. The van der Waals surface area contributed by atoms with Crippen molar-refractivity contribution in [3.8, 4) is 0 Å². The number of rotatable bonds is 4. The fourth-order valence-electron chi connectivity index (χ4n) is 2.59. The standard InChI is InChI=1S/C15H23N3O4S2/c1-10-3-6-17(7-4-10)15(23)24-9-12(19)22-11(2)13(20)18-8-5-16-14(18)21/h10-11H,3-9H2,1-2H3,(H,16,21). The topological polar surface area (TPSA) is 79.0 Å². The Balaban J connectivity index is 1.71. The molecule has 9 heteroatoms. The largest absolute Gasteiger partial charge is 0.452 e. The van der Waals surface area contributed by atoms with Crippen molar-refractivity contribution in [2.24, 2.45) is 5.92 Å². The second kappa shape index (κ2) is 8.66. The highest BCUT2D eigenvalue weighted by Gasteiger charge is 2.31. The van der Waals surface area contributed by atoms with Crippen molar-refractivity contribution in [2.75, 3.05) is 31.9 Å². The van der Waals surface area contributed by atoms with E-state index in [1.54, 1.807) is 0 Å². The van der Waals surface area contributed by atoms with Crippen molar-refractivity contribution in [3.63, 3.8) is 0 Å². The quantitative estimate of drug-likeness (QED) is 0.586. The van der Waals surface area contributed by atoms with Crippen LogP contribution in [0.1, 0.15) is 26.7 Å². The summed E-state index contributed by atoms with van der Waals surface area (Å²) in [5, 5.41) is 2.54. The van der Waals surface area contributed by atoms with Crippen LogP contribution in [0.15, 0.2) is 0 Å². The van der Waals surface area contributed by atoms with Gasteiger partial charge in [0.25, 0.3) is 5.91 Å². The molecule has 1 N–H and O–H groups in total. The zero-order valence-corrected chi connectivity index (χ0v) is 15.6. The van der Waals surface area contributed by atoms with Gasteiger partial charge in [0.15, 0.2) is 6.10 Å². The van der Waals surface area contributed by atoms with Crippen LogP contribution in [0.2, 0.25) is 0 Å². The molecule has 7 nitrogen and oxygen atoms in total. The minimum atomic E-state index is -0.980. The van der Waals surface area contributed by atoms with Gasteiger partial charge in [0.1, 0.15) is 4.32 Å². The highest BCUT2D eigenvalue weighted by Crippen LogP contribution is 2.20. The molecular formula is C15H23N3O4S2. The van der Waals surface area contributed by atoms with Gasteiger partial charge in [0.2, 0.25) is 0 Å². The molecule has 0 bridgehead atoms. The summed E-state index contributed by atoms with van der Waals surface area (Å²) in [6.07, 6.45) is 1.23. The highest BCUT2D eigenvalue weighted by atomic mass is 32.2. The average molecular weight is 374 g/mol. The molecule has 24 heavy (non-hydrogen) atoms. The lowest BCUT2D eigenvalue weighted by Crippen LogP contribution is -2.42. The zero-order valence-electron chi connectivity index (χ0n) is 13.9.